The predicted molar refractivity (Wildman–Crippen MR) is 106 cm³/mol. The summed E-state index contributed by atoms with van der Waals surface area (Å²) in [5.41, 5.74) is 3.30. The Hall–Kier alpha value is -2.66. The maximum Gasteiger partial charge on any atom is 0.196 e. The van der Waals surface area contributed by atoms with Crippen molar-refractivity contribution in [2.45, 2.75) is 19.8 Å². The first-order valence-electron chi connectivity index (χ1n) is 9.16. The van der Waals surface area contributed by atoms with Gasteiger partial charge in [0.15, 0.2) is 11.6 Å². The number of hydrogen-bond donors (Lipinski definition) is 3. The molecule has 0 radical (unpaired) electrons. The van der Waals surface area contributed by atoms with Crippen molar-refractivity contribution in [1.82, 2.24) is 5.32 Å². The van der Waals surface area contributed by atoms with E-state index < -0.39 is 0 Å². The maximum atomic E-state index is 13.1. The highest BCUT2D eigenvalue weighted by Crippen LogP contribution is 2.36. The van der Waals surface area contributed by atoms with E-state index in [-0.39, 0.29) is 11.6 Å². The number of benzene rings is 2. The van der Waals surface area contributed by atoms with Gasteiger partial charge in [-0.05, 0) is 38.1 Å². The molecule has 0 aliphatic heterocycles. The Morgan fingerprint density at radius 1 is 0.808 bits per heavy atom. The highest BCUT2D eigenvalue weighted by molar-refractivity contribution is 6.31. The van der Waals surface area contributed by atoms with Crippen molar-refractivity contribution < 1.29 is 9.59 Å². The molecule has 2 aromatic carbocycles. The number of hydrogen-bond acceptors (Lipinski definition) is 5. The number of rotatable bonds is 8. The quantitative estimate of drug-likeness (QED) is 0.543. The van der Waals surface area contributed by atoms with E-state index in [1.807, 2.05) is 12.1 Å². The van der Waals surface area contributed by atoms with Crippen LogP contribution in [-0.2, 0) is 0 Å². The monoisotopic (exact) mass is 351 g/mol. The molecule has 0 spiro atoms. The number of anilines is 2. The molecule has 2 aromatic rings. The molecule has 0 aromatic heterocycles. The zero-order chi connectivity index (χ0) is 18.5. The zero-order valence-corrected chi connectivity index (χ0v) is 15.3. The molecule has 5 nitrogen and oxygen atoms in total. The minimum absolute atomic E-state index is 0.0982. The van der Waals surface area contributed by atoms with Gasteiger partial charge in [-0.3, -0.25) is 9.59 Å². The smallest absolute Gasteiger partial charge is 0.196 e. The van der Waals surface area contributed by atoms with Crippen LogP contribution < -0.4 is 16.0 Å². The first-order valence-corrected chi connectivity index (χ1v) is 9.16. The molecule has 0 fully saturated rings. The van der Waals surface area contributed by atoms with Gasteiger partial charge in [-0.1, -0.05) is 31.2 Å². The topological polar surface area (TPSA) is 70.2 Å². The highest BCUT2D eigenvalue weighted by Gasteiger charge is 2.33. The summed E-state index contributed by atoms with van der Waals surface area (Å²) >= 11 is 0. The third-order valence-electron chi connectivity index (χ3n) is 4.62. The first-order chi connectivity index (χ1) is 12.7. The van der Waals surface area contributed by atoms with Crippen LogP contribution in [0.15, 0.2) is 36.4 Å². The van der Waals surface area contributed by atoms with Gasteiger partial charge in [0.25, 0.3) is 0 Å². The van der Waals surface area contributed by atoms with E-state index >= 15 is 0 Å². The van der Waals surface area contributed by atoms with Crippen molar-refractivity contribution in [3.05, 3.63) is 58.7 Å². The molecule has 0 saturated heterocycles. The van der Waals surface area contributed by atoms with Crippen LogP contribution in [0.5, 0.6) is 0 Å². The minimum atomic E-state index is -0.104. The van der Waals surface area contributed by atoms with Crippen molar-refractivity contribution in [1.29, 1.82) is 0 Å². The van der Waals surface area contributed by atoms with Gasteiger partial charge in [-0.2, -0.15) is 0 Å². The van der Waals surface area contributed by atoms with Crippen LogP contribution in [0.25, 0.3) is 0 Å². The van der Waals surface area contributed by atoms with Crippen molar-refractivity contribution in [3.63, 3.8) is 0 Å². The van der Waals surface area contributed by atoms with E-state index in [9.17, 15) is 9.59 Å². The molecule has 0 bridgehead atoms. The van der Waals surface area contributed by atoms with Gasteiger partial charge in [-0.15, -0.1) is 0 Å². The zero-order valence-electron chi connectivity index (χ0n) is 15.3. The molecule has 1 aliphatic carbocycles. The third-order valence-corrected chi connectivity index (χ3v) is 4.62. The van der Waals surface area contributed by atoms with Crippen molar-refractivity contribution in [3.8, 4) is 0 Å². The van der Waals surface area contributed by atoms with E-state index in [0.717, 1.165) is 38.2 Å². The minimum Gasteiger partial charge on any atom is -0.388 e. The average Bonchev–Trinajstić information content (AvgIpc) is 2.68. The van der Waals surface area contributed by atoms with Gasteiger partial charge >= 0.3 is 0 Å². The second-order valence-electron chi connectivity index (χ2n) is 6.39. The fraction of sp³-hybridized carbons (Fsp3) is 0.333. The molecule has 0 heterocycles. The summed E-state index contributed by atoms with van der Waals surface area (Å²) in [6.07, 6.45) is 2.06. The molecule has 0 amide bonds. The van der Waals surface area contributed by atoms with Crippen molar-refractivity contribution in [2.75, 3.05) is 37.3 Å². The van der Waals surface area contributed by atoms with Crippen LogP contribution >= 0.6 is 0 Å². The molecule has 0 unspecified atom stereocenters. The summed E-state index contributed by atoms with van der Waals surface area (Å²) in [6, 6.07) is 10.8. The summed E-state index contributed by atoms with van der Waals surface area (Å²) in [4.78, 5) is 26.1. The van der Waals surface area contributed by atoms with Crippen LogP contribution in [0.1, 0.15) is 51.6 Å². The van der Waals surface area contributed by atoms with Crippen LogP contribution in [0.3, 0.4) is 0 Å². The van der Waals surface area contributed by atoms with Crippen LogP contribution in [0.4, 0.5) is 11.4 Å². The molecular formula is C21H25N3O2. The normalized spacial score (nSPS) is 12.5. The average molecular weight is 351 g/mol. The lowest BCUT2D eigenvalue weighted by Gasteiger charge is -2.23. The Balaban J connectivity index is 1.90. The first kappa shape index (κ1) is 18.1. The highest BCUT2D eigenvalue weighted by atomic mass is 16.1. The van der Waals surface area contributed by atoms with E-state index in [0.29, 0.717) is 27.9 Å². The number of ketones is 2. The van der Waals surface area contributed by atoms with Gasteiger partial charge < -0.3 is 16.0 Å². The summed E-state index contributed by atoms with van der Waals surface area (Å²) in [5, 5.41) is 9.75. The molecule has 0 atom stereocenters. The third kappa shape index (κ3) is 3.35. The summed E-state index contributed by atoms with van der Waals surface area (Å²) in [6.45, 7) is 4.82. The Morgan fingerprint density at radius 2 is 1.42 bits per heavy atom. The fourth-order valence-corrected chi connectivity index (χ4v) is 3.32. The lowest BCUT2D eigenvalue weighted by Crippen LogP contribution is -2.24. The summed E-state index contributed by atoms with van der Waals surface area (Å²) in [5.74, 6) is -0.202. The second-order valence-corrected chi connectivity index (χ2v) is 6.39. The predicted octanol–water partition coefficient (Wildman–Crippen LogP) is 3.31. The summed E-state index contributed by atoms with van der Waals surface area (Å²) in [7, 11) is 1.76. The van der Waals surface area contributed by atoms with Crippen molar-refractivity contribution in [2.24, 2.45) is 0 Å². The molecular weight excluding hydrogens is 326 g/mol. The Morgan fingerprint density at radius 3 is 2.04 bits per heavy atom. The van der Waals surface area contributed by atoms with Gasteiger partial charge in [0.1, 0.15) is 0 Å². The number of fused-ring (bicyclic) bond motifs is 2. The van der Waals surface area contributed by atoms with E-state index in [1.54, 1.807) is 31.3 Å². The number of carbonyl (C=O) groups is 2. The standard InChI is InChI=1S/C21H25N3O2/c1-3-11-23-12-6-13-24-17-10-9-16(22-2)18-19(17)21(26)15-8-5-4-7-14(15)20(18)25/h4-5,7-10,22-24H,3,6,11-13H2,1-2H3. The lowest BCUT2D eigenvalue weighted by atomic mass is 9.82. The fourth-order valence-electron chi connectivity index (χ4n) is 3.32. The molecule has 1 aliphatic rings. The molecule has 3 rings (SSSR count). The Labute approximate surface area is 154 Å². The van der Waals surface area contributed by atoms with Gasteiger partial charge in [0.05, 0.1) is 11.1 Å². The van der Waals surface area contributed by atoms with E-state index in [4.69, 9.17) is 0 Å². The van der Waals surface area contributed by atoms with Crippen LogP contribution in [-0.4, -0.2) is 38.2 Å². The molecule has 26 heavy (non-hydrogen) atoms. The molecule has 0 saturated carbocycles. The van der Waals surface area contributed by atoms with Gasteiger partial charge in [0, 0.05) is 36.1 Å². The maximum absolute atomic E-state index is 13.1. The SMILES string of the molecule is CCCNCCCNc1ccc(NC)c2c1C(=O)c1ccccc1C2=O. The van der Waals surface area contributed by atoms with Gasteiger partial charge in [-0.25, -0.2) is 0 Å². The molecule has 5 heteroatoms. The molecule has 136 valence electrons. The molecule has 3 N–H and O–H groups in total. The Kier molecular flexibility index (Phi) is 5.68. The summed E-state index contributed by atoms with van der Waals surface area (Å²) < 4.78 is 0. The lowest BCUT2D eigenvalue weighted by molar-refractivity contribution is 0.0980. The number of carbonyl (C=O) groups excluding carboxylic acids is 2. The number of nitrogens with one attached hydrogen (secondary N) is 3. The largest absolute Gasteiger partial charge is 0.388 e. The van der Waals surface area contributed by atoms with Crippen LogP contribution in [0.2, 0.25) is 0 Å². The Bertz CT molecular complexity index is 830. The van der Waals surface area contributed by atoms with E-state index in [2.05, 4.69) is 22.9 Å². The van der Waals surface area contributed by atoms with Gasteiger partial charge in [0.2, 0.25) is 0 Å². The van der Waals surface area contributed by atoms with Crippen LogP contribution in [0, 0.1) is 0 Å². The van der Waals surface area contributed by atoms with Crippen molar-refractivity contribution >= 4 is 22.9 Å². The van der Waals surface area contributed by atoms with E-state index in [1.165, 1.54) is 0 Å². The second kappa shape index (κ2) is 8.15.